The third-order valence-corrected chi connectivity index (χ3v) is 7.48. The lowest BCUT2D eigenvalue weighted by molar-refractivity contribution is -0.161. The number of anilines is 2. The van der Waals surface area contributed by atoms with E-state index < -0.39 is 71.6 Å². The number of aliphatic hydroxyl groups is 3. The number of phenolic OH excluding ortho intramolecular Hbond substituents is 1. The van der Waals surface area contributed by atoms with Gasteiger partial charge in [0.15, 0.2) is 17.1 Å². The van der Waals surface area contributed by atoms with Crippen LogP contribution in [0.1, 0.15) is 37.8 Å². The van der Waals surface area contributed by atoms with E-state index in [2.05, 4.69) is 10.6 Å². The maximum absolute atomic E-state index is 13.9. The van der Waals surface area contributed by atoms with Crippen molar-refractivity contribution in [3.63, 3.8) is 0 Å². The molecule has 2 aliphatic rings. The Bertz CT molecular complexity index is 1240. The molecule has 1 fully saturated rings. The number of aliphatic hydroxyl groups excluding tert-OH is 2. The van der Waals surface area contributed by atoms with Crippen molar-refractivity contribution in [2.45, 2.75) is 44.8 Å². The Morgan fingerprint density at radius 1 is 1.25 bits per heavy atom. The monoisotopic (exact) mass is 562 g/mol. The van der Waals surface area contributed by atoms with Crippen molar-refractivity contribution in [3.05, 3.63) is 22.8 Å². The summed E-state index contributed by atoms with van der Waals surface area (Å²) in [5.74, 6) is -6.35. The number of benzene rings is 1. The molecule has 220 valence electrons. The number of carbonyl (C=O) groups excluding carboxylic acids is 4. The molecular weight excluding hydrogens is 524 g/mol. The van der Waals surface area contributed by atoms with E-state index in [1.807, 2.05) is 13.8 Å². The second-order valence-corrected chi connectivity index (χ2v) is 10.9. The Morgan fingerprint density at radius 2 is 1.90 bits per heavy atom. The number of nitrogens with one attached hydrogen (secondary N) is 2. The van der Waals surface area contributed by atoms with Gasteiger partial charge in [0, 0.05) is 37.3 Å². The predicted octanol–water partition coefficient (Wildman–Crippen LogP) is 0.449. The highest BCUT2D eigenvalue weighted by Crippen LogP contribution is 2.52. The topological polar surface area (TPSA) is 212 Å². The lowest BCUT2D eigenvalue weighted by Crippen LogP contribution is -2.64. The highest BCUT2D eigenvalue weighted by molar-refractivity contribution is 6.23. The molecular formula is C27H38N4O9. The maximum Gasteiger partial charge on any atom is 0.411 e. The van der Waals surface area contributed by atoms with Crippen molar-refractivity contribution in [1.29, 1.82) is 0 Å². The van der Waals surface area contributed by atoms with Gasteiger partial charge in [-0.3, -0.25) is 19.7 Å². The van der Waals surface area contributed by atoms with Crippen LogP contribution < -0.4 is 21.3 Å². The number of phenols is 1. The van der Waals surface area contributed by atoms with Gasteiger partial charge in [0.05, 0.1) is 30.9 Å². The molecule has 8 N–H and O–H groups in total. The van der Waals surface area contributed by atoms with E-state index in [-0.39, 0.29) is 42.2 Å². The SMILES string of the molecule is CN[C@H](CO)[C@@H]1C[C@@H]2Cc3c(N(C)C)cc(NC(=O)OCC(C)C)c(O)c3C(O)=C2C(=O)[C@]1(O)C(=O)CC(N)=O. The van der Waals surface area contributed by atoms with E-state index in [0.717, 1.165) is 0 Å². The summed E-state index contributed by atoms with van der Waals surface area (Å²) >= 11 is 0. The van der Waals surface area contributed by atoms with Crippen LogP contribution in [0.4, 0.5) is 16.2 Å². The first kappa shape index (κ1) is 30.9. The van der Waals surface area contributed by atoms with Crippen LogP contribution in [0, 0.1) is 17.8 Å². The Kier molecular flexibility index (Phi) is 9.12. The van der Waals surface area contributed by atoms with Gasteiger partial charge in [0.25, 0.3) is 0 Å². The number of hydrogen-bond acceptors (Lipinski definition) is 11. The first-order valence-corrected chi connectivity index (χ1v) is 13.0. The third-order valence-electron chi connectivity index (χ3n) is 7.48. The Hall–Kier alpha value is -3.68. The number of ether oxygens (including phenoxy) is 1. The Morgan fingerprint density at radius 3 is 2.42 bits per heavy atom. The van der Waals surface area contributed by atoms with Crippen LogP contribution in [0.5, 0.6) is 5.75 Å². The lowest BCUT2D eigenvalue weighted by atomic mass is 9.60. The van der Waals surface area contributed by atoms with E-state index >= 15 is 0 Å². The van der Waals surface area contributed by atoms with Crippen molar-refractivity contribution in [2.75, 3.05) is 44.6 Å². The number of primary amides is 1. The minimum Gasteiger partial charge on any atom is -0.507 e. The van der Waals surface area contributed by atoms with Crippen LogP contribution in [0.2, 0.25) is 0 Å². The minimum atomic E-state index is -2.78. The Labute approximate surface area is 232 Å². The molecule has 1 aromatic carbocycles. The minimum absolute atomic E-state index is 0.0210. The molecule has 0 radical (unpaired) electrons. The maximum atomic E-state index is 13.9. The standard InChI is InChI=1S/C27H38N4O9/c1-12(2)11-40-26(38)30-16-8-18(31(4)5)14-6-13-7-15(17(10-32)29-3)27(39,19(33)9-20(28)34)25(37)21(13)24(36)22(14)23(16)35/h8,12-13,15,17,29,32,35-36,39H,6-7,9-11H2,1-5H3,(H2,28,34)(H,30,38)/t13-,15-,17+,27+/m0/s1. The van der Waals surface area contributed by atoms with Crippen molar-refractivity contribution in [3.8, 4) is 5.75 Å². The summed E-state index contributed by atoms with van der Waals surface area (Å²) in [7, 11) is 4.94. The molecule has 2 amide bonds. The number of fused-ring (bicyclic) bond motifs is 2. The summed E-state index contributed by atoms with van der Waals surface area (Å²) in [5, 5.41) is 49.4. The predicted molar refractivity (Wildman–Crippen MR) is 146 cm³/mol. The van der Waals surface area contributed by atoms with Gasteiger partial charge >= 0.3 is 6.09 Å². The fraction of sp³-hybridized carbons (Fsp3) is 0.556. The molecule has 0 unspecified atom stereocenters. The van der Waals surface area contributed by atoms with Gasteiger partial charge in [-0.2, -0.15) is 0 Å². The summed E-state index contributed by atoms with van der Waals surface area (Å²) in [6.45, 7) is 3.31. The first-order valence-electron chi connectivity index (χ1n) is 13.0. The van der Waals surface area contributed by atoms with E-state index in [1.165, 1.54) is 13.1 Å². The number of carbonyl (C=O) groups is 4. The zero-order valence-electron chi connectivity index (χ0n) is 23.3. The lowest BCUT2D eigenvalue weighted by Gasteiger charge is -2.46. The molecule has 4 atom stereocenters. The van der Waals surface area contributed by atoms with Gasteiger partial charge in [0.1, 0.15) is 5.76 Å². The molecule has 1 aromatic rings. The summed E-state index contributed by atoms with van der Waals surface area (Å²) in [6, 6.07) is 0.614. The average molecular weight is 563 g/mol. The van der Waals surface area contributed by atoms with Crippen LogP contribution in [0.25, 0.3) is 5.76 Å². The van der Waals surface area contributed by atoms with E-state index in [9.17, 15) is 39.6 Å². The first-order chi connectivity index (χ1) is 18.7. The molecule has 0 aliphatic heterocycles. The number of Topliss-reactive ketones (excluding diaryl/α,β-unsaturated/α-hetero) is 2. The largest absolute Gasteiger partial charge is 0.507 e. The van der Waals surface area contributed by atoms with Crippen molar-refractivity contribution in [2.24, 2.45) is 23.5 Å². The van der Waals surface area contributed by atoms with Crippen LogP contribution >= 0.6 is 0 Å². The highest BCUT2D eigenvalue weighted by Gasteiger charge is 2.59. The molecule has 1 saturated carbocycles. The smallest absolute Gasteiger partial charge is 0.411 e. The highest BCUT2D eigenvalue weighted by atomic mass is 16.5. The number of aromatic hydroxyl groups is 1. The van der Waals surface area contributed by atoms with Crippen LogP contribution in [-0.4, -0.2) is 90.0 Å². The van der Waals surface area contributed by atoms with E-state index in [1.54, 1.807) is 19.0 Å². The molecule has 13 nitrogen and oxygen atoms in total. The molecule has 0 heterocycles. The zero-order chi connectivity index (χ0) is 30.1. The molecule has 3 rings (SSSR count). The number of hydrogen-bond donors (Lipinski definition) is 7. The van der Waals surface area contributed by atoms with Crippen molar-refractivity contribution < 1.29 is 44.3 Å². The second-order valence-electron chi connectivity index (χ2n) is 10.9. The normalized spacial score (nSPS) is 22.9. The number of amides is 2. The van der Waals surface area contributed by atoms with Gasteiger partial charge in [-0.25, -0.2) is 4.79 Å². The van der Waals surface area contributed by atoms with Crippen LogP contribution in [0.15, 0.2) is 11.6 Å². The second kappa shape index (κ2) is 11.8. The average Bonchev–Trinajstić information content (AvgIpc) is 2.87. The fourth-order valence-corrected chi connectivity index (χ4v) is 5.57. The van der Waals surface area contributed by atoms with Crippen LogP contribution in [-0.2, 0) is 25.5 Å². The summed E-state index contributed by atoms with van der Waals surface area (Å²) in [5.41, 5.74) is 2.88. The number of likely N-dealkylation sites (N-methyl/N-ethyl adjacent to an activating group) is 1. The summed E-state index contributed by atoms with van der Waals surface area (Å²) in [6.07, 6.45) is -1.66. The molecule has 2 aliphatic carbocycles. The quantitative estimate of drug-likeness (QED) is 0.154. The fourth-order valence-electron chi connectivity index (χ4n) is 5.57. The summed E-state index contributed by atoms with van der Waals surface area (Å²) < 4.78 is 5.14. The van der Waals surface area contributed by atoms with Gasteiger partial charge < -0.3 is 41.1 Å². The molecule has 0 saturated heterocycles. The number of nitrogens with two attached hydrogens (primary N) is 1. The molecule has 13 heteroatoms. The zero-order valence-corrected chi connectivity index (χ0v) is 23.3. The van der Waals surface area contributed by atoms with E-state index in [0.29, 0.717) is 11.3 Å². The van der Waals surface area contributed by atoms with Gasteiger partial charge in [-0.05, 0) is 43.4 Å². The van der Waals surface area contributed by atoms with Gasteiger partial charge in [-0.15, -0.1) is 0 Å². The number of nitrogens with zero attached hydrogens (tertiary/aromatic N) is 1. The molecule has 0 bridgehead atoms. The van der Waals surface area contributed by atoms with Crippen molar-refractivity contribution in [1.82, 2.24) is 5.32 Å². The van der Waals surface area contributed by atoms with Crippen molar-refractivity contribution >= 4 is 40.7 Å². The van der Waals surface area contributed by atoms with E-state index in [4.69, 9.17) is 10.5 Å². The third kappa shape index (κ3) is 5.49. The summed E-state index contributed by atoms with van der Waals surface area (Å²) in [4.78, 5) is 52.6. The Balaban J connectivity index is 2.20. The molecule has 0 aromatic heterocycles. The van der Waals surface area contributed by atoms with Gasteiger partial charge in [-0.1, -0.05) is 13.8 Å². The number of rotatable bonds is 10. The van der Waals surface area contributed by atoms with Crippen LogP contribution in [0.3, 0.4) is 0 Å². The molecule has 0 spiro atoms. The molecule has 40 heavy (non-hydrogen) atoms. The van der Waals surface area contributed by atoms with Gasteiger partial charge in [0.2, 0.25) is 11.7 Å². The number of ketones is 2.